The van der Waals surface area contributed by atoms with E-state index in [1.165, 1.54) is 6.08 Å². The van der Waals surface area contributed by atoms with Crippen molar-refractivity contribution in [2.45, 2.75) is 25.7 Å². The average molecular weight is 369 g/mol. The Balaban J connectivity index is 1.88. The van der Waals surface area contributed by atoms with Gasteiger partial charge in [-0.15, -0.1) is 0 Å². The highest BCUT2D eigenvalue weighted by molar-refractivity contribution is 5.81. The largest absolute Gasteiger partial charge is 0.459 e. The average Bonchev–Trinajstić information content (AvgIpc) is 2.71. The number of benzene rings is 2. The van der Waals surface area contributed by atoms with E-state index in [0.717, 1.165) is 11.1 Å². The monoisotopic (exact) mass is 369 g/mol. The summed E-state index contributed by atoms with van der Waals surface area (Å²) < 4.78 is 10.4. The Bertz CT molecular complexity index is 731. The van der Waals surface area contributed by atoms with Crippen LogP contribution in [-0.4, -0.2) is 29.8 Å². The van der Waals surface area contributed by atoms with Gasteiger partial charge in [-0.1, -0.05) is 72.8 Å². The van der Waals surface area contributed by atoms with Gasteiger partial charge in [-0.3, -0.25) is 0 Å². The van der Waals surface area contributed by atoms with Gasteiger partial charge in [-0.2, -0.15) is 0 Å². The van der Waals surface area contributed by atoms with Crippen molar-refractivity contribution in [3.63, 3.8) is 0 Å². The quantitative estimate of drug-likeness (QED) is 0.524. The Labute approximate surface area is 158 Å². The fourth-order valence-electron chi connectivity index (χ4n) is 2.26. The smallest absolute Gasteiger partial charge is 0.408 e. The summed E-state index contributed by atoms with van der Waals surface area (Å²) in [6.45, 7) is 0.0653. The lowest BCUT2D eigenvalue weighted by Crippen LogP contribution is -2.41. The van der Waals surface area contributed by atoms with Gasteiger partial charge in [-0.25, -0.2) is 9.59 Å². The first-order chi connectivity index (χ1) is 13.2. The van der Waals surface area contributed by atoms with Crippen LogP contribution in [0.25, 0.3) is 0 Å². The summed E-state index contributed by atoms with van der Waals surface area (Å²) >= 11 is 0. The zero-order chi connectivity index (χ0) is 19.3. The maximum absolute atomic E-state index is 12.3. The minimum Gasteiger partial charge on any atom is -0.459 e. The summed E-state index contributed by atoms with van der Waals surface area (Å²) in [7, 11) is 0. The lowest BCUT2D eigenvalue weighted by molar-refractivity contribution is -0.147. The second-order valence-electron chi connectivity index (χ2n) is 5.74. The molecule has 0 unspecified atom stereocenters. The SMILES string of the molecule is O=C(N[C@@H](C/C=C/CO)C(=O)OCc1ccccc1)OCc1ccccc1. The molecule has 6 heteroatoms. The van der Waals surface area contributed by atoms with Crippen LogP contribution in [0.2, 0.25) is 0 Å². The Kier molecular flexibility index (Phi) is 8.59. The number of carbonyl (C=O) groups excluding carboxylic acids is 2. The van der Waals surface area contributed by atoms with Crippen LogP contribution in [0, 0.1) is 0 Å². The summed E-state index contributed by atoms with van der Waals surface area (Å²) in [6.07, 6.45) is 2.58. The van der Waals surface area contributed by atoms with E-state index in [0.29, 0.717) is 0 Å². The molecule has 0 radical (unpaired) electrons. The first-order valence-corrected chi connectivity index (χ1v) is 8.62. The molecule has 0 bridgehead atoms. The molecule has 2 N–H and O–H groups in total. The number of esters is 1. The number of carbonyl (C=O) groups is 2. The molecule has 1 amide bonds. The summed E-state index contributed by atoms with van der Waals surface area (Å²) in [6, 6.07) is 17.6. The highest BCUT2D eigenvalue weighted by atomic mass is 16.6. The number of aliphatic hydroxyl groups is 1. The molecule has 2 aromatic carbocycles. The molecule has 0 aromatic heterocycles. The van der Waals surface area contributed by atoms with E-state index in [1.807, 2.05) is 60.7 Å². The van der Waals surface area contributed by atoms with Crippen LogP contribution in [-0.2, 0) is 27.5 Å². The first-order valence-electron chi connectivity index (χ1n) is 8.62. The fraction of sp³-hybridized carbons (Fsp3) is 0.238. The van der Waals surface area contributed by atoms with Crippen molar-refractivity contribution < 1.29 is 24.2 Å². The van der Waals surface area contributed by atoms with Gasteiger partial charge < -0.3 is 19.9 Å². The summed E-state index contributed by atoms with van der Waals surface area (Å²) in [5, 5.41) is 11.4. The lowest BCUT2D eigenvalue weighted by atomic mass is 10.2. The molecule has 0 heterocycles. The van der Waals surface area contributed by atoms with Crippen molar-refractivity contribution >= 4 is 12.1 Å². The Morgan fingerprint density at radius 2 is 1.44 bits per heavy atom. The van der Waals surface area contributed by atoms with E-state index < -0.39 is 18.1 Å². The van der Waals surface area contributed by atoms with E-state index in [1.54, 1.807) is 6.08 Å². The van der Waals surface area contributed by atoms with E-state index in [9.17, 15) is 9.59 Å². The number of nitrogens with one attached hydrogen (secondary N) is 1. The zero-order valence-electron chi connectivity index (χ0n) is 14.9. The molecule has 0 spiro atoms. The molecule has 2 rings (SSSR count). The number of hydrogen-bond acceptors (Lipinski definition) is 5. The molecule has 0 aliphatic heterocycles. The van der Waals surface area contributed by atoms with E-state index in [2.05, 4.69) is 5.32 Å². The third kappa shape index (κ3) is 7.75. The molecule has 0 saturated carbocycles. The Morgan fingerprint density at radius 1 is 0.889 bits per heavy atom. The number of rotatable bonds is 9. The molecule has 1 atom stereocenters. The van der Waals surface area contributed by atoms with E-state index >= 15 is 0 Å². The van der Waals surface area contributed by atoms with Crippen molar-refractivity contribution in [2.24, 2.45) is 0 Å². The number of aliphatic hydroxyl groups excluding tert-OH is 1. The number of ether oxygens (including phenoxy) is 2. The topological polar surface area (TPSA) is 84.9 Å². The van der Waals surface area contributed by atoms with Crippen LogP contribution < -0.4 is 5.32 Å². The standard InChI is InChI=1S/C21H23NO5/c23-14-8-7-13-19(20(24)26-15-17-9-3-1-4-10-17)22-21(25)27-16-18-11-5-2-6-12-18/h1-12,19,23H,13-16H2,(H,22,25)/b8-7+/t19-/m0/s1. The molecule has 142 valence electrons. The summed E-state index contributed by atoms with van der Waals surface area (Å²) in [5.74, 6) is -0.571. The van der Waals surface area contributed by atoms with Crippen molar-refractivity contribution in [3.8, 4) is 0 Å². The summed E-state index contributed by atoms with van der Waals surface area (Å²) in [5.41, 5.74) is 1.69. The third-order valence-electron chi connectivity index (χ3n) is 3.66. The number of hydrogen-bond donors (Lipinski definition) is 2. The van der Waals surface area contributed by atoms with Crippen LogP contribution in [0.15, 0.2) is 72.8 Å². The maximum atomic E-state index is 12.3. The van der Waals surface area contributed by atoms with Gasteiger partial charge in [0.25, 0.3) is 0 Å². The van der Waals surface area contributed by atoms with E-state index in [4.69, 9.17) is 14.6 Å². The fourth-order valence-corrected chi connectivity index (χ4v) is 2.26. The van der Waals surface area contributed by atoms with Crippen molar-refractivity contribution in [1.29, 1.82) is 0 Å². The first kappa shape index (κ1) is 20.2. The van der Waals surface area contributed by atoms with Gasteiger partial charge in [-0.05, 0) is 17.5 Å². The van der Waals surface area contributed by atoms with Crippen LogP contribution >= 0.6 is 0 Å². The number of alkyl carbamates (subject to hydrolysis) is 1. The van der Waals surface area contributed by atoms with Crippen LogP contribution in [0.3, 0.4) is 0 Å². The highest BCUT2D eigenvalue weighted by Gasteiger charge is 2.22. The molecular weight excluding hydrogens is 346 g/mol. The van der Waals surface area contributed by atoms with Gasteiger partial charge in [0.2, 0.25) is 0 Å². The number of amides is 1. The molecule has 0 fully saturated rings. The van der Waals surface area contributed by atoms with Gasteiger partial charge in [0, 0.05) is 0 Å². The zero-order valence-corrected chi connectivity index (χ0v) is 14.9. The Morgan fingerprint density at radius 3 is 2.00 bits per heavy atom. The second-order valence-corrected chi connectivity index (χ2v) is 5.74. The van der Waals surface area contributed by atoms with Crippen molar-refractivity contribution in [3.05, 3.63) is 83.9 Å². The van der Waals surface area contributed by atoms with Crippen LogP contribution in [0.4, 0.5) is 4.79 Å². The van der Waals surface area contributed by atoms with Gasteiger partial charge in [0.05, 0.1) is 6.61 Å². The van der Waals surface area contributed by atoms with Crippen molar-refractivity contribution in [2.75, 3.05) is 6.61 Å². The predicted molar refractivity (Wildman–Crippen MR) is 101 cm³/mol. The molecular formula is C21H23NO5. The summed E-state index contributed by atoms with van der Waals surface area (Å²) in [4.78, 5) is 24.4. The minimum atomic E-state index is -0.903. The van der Waals surface area contributed by atoms with Gasteiger partial charge in [0.1, 0.15) is 19.3 Å². The molecule has 27 heavy (non-hydrogen) atoms. The predicted octanol–water partition coefficient (Wildman–Crippen LogP) is 2.96. The highest BCUT2D eigenvalue weighted by Crippen LogP contribution is 2.06. The van der Waals surface area contributed by atoms with Gasteiger partial charge in [0.15, 0.2) is 0 Å². The molecule has 6 nitrogen and oxygen atoms in total. The minimum absolute atomic E-state index is 0.102. The molecule has 0 aliphatic carbocycles. The van der Waals surface area contributed by atoms with Gasteiger partial charge >= 0.3 is 12.1 Å². The Hall–Kier alpha value is -3.12. The third-order valence-corrected chi connectivity index (χ3v) is 3.66. The molecule has 0 aliphatic rings. The molecule has 2 aromatic rings. The van der Waals surface area contributed by atoms with Crippen LogP contribution in [0.5, 0.6) is 0 Å². The molecule has 0 saturated heterocycles. The maximum Gasteiger partial charge on any atom is 0.408 e. The van der Waals surface area contributed by atoms with Crippen LogP contribution in [0.1, 0.15) is 17.5 Å². The normalized spacial score (nSPS) is 11.7. The second kappa shape index (κ2) is 11.5. The van der Waals surface area contributed by atoms with Crippen molar-refractivity contribution in [1.82, 2.24) is 5.32 Å². The lowest BCUT2D eigenvalue weighted by Gasteiger charge is -2.16. The van der Waals surface area contributed by atoms with E-state index in [-0.39, 0.29) is 26.2 Å².